The lowest BCUT2D eigenvalue weighted by Crippen LogP contribution is -2.24. The van der Waals surface area contributed by atoms with Crippen molar-refractivity contribution in [1.82, 2.24) is 0 Å². The van der Waals surface area contributed by atoms with Gasteiger partial charge in [-0.2, -0.15) is 0 Å². The van der Waals surface area contributed by atoms with Crippen LogP contribution in [0.1, 0.15) is 12.8 Å². The van der Waals surface area contributed by atoms with Crippen molar-refractivity contribution < 1.29 is 28.9 Å². The van der Waals surface area contributed by atoms with E-state index in [4.69, 9.17) is 14.2 Å². The van der Waals surface area contributed by atoms with E-state index in [1.165, 1.54) is 21.3 Å². The third-order valence-corrected chi connectivity index (χ3v) is 2.50. The van der Waals surface area contributed by atoms with E-state index < -0.39 is 11.9 Å². The lowest BCUT2D eigenvalue weighted by molar-refractivity contribution is -0.305. The Kier molecular flexibility index (Phi) is 5.64. The van der Waals surface area contributed by atoms with Crippen LogP contribution in [0.2, 0.25) is 0 Å². The molecule has 0 spiro atoms. The van der Waals surface area contributed by atoms with Crippen molar-refractivity contribution in [3.8, 4) is 17.2 Å². The lowest BCUT2D eigenvalue weighted by atomic mass is 10.2. The van der Waals surface area contributed by atoms with Crippen molar-refractivity contribution in [2.24, 2.45) is 0 Å². The molecule has 1 aromatic rings. The number of hydrogen-bond acceptors (Lipinski definition) is 6. The Hall–Kier alpha value is -2.44. The molecule has 0 heterocycles. The molecular weight excluding hydrogens is 266 g/mol. The summed E-state index contributed by atoms with van der Waals surface area (Å²) in [6, 6.07) is 3.11. The number of carbonyl (C=O) groups is 2. The summed E-state index contributed by atoms with van der Waals surface area (Å²) in [5.74, 6) is -0.527. The van der Waals surface area contributed by atoms with E-state index in [1.807, 2.05) is 0 Å². The molecule has 0 radical (unpaired) electrons. The normalized spacial score (nSPS) is 9.75. The van der Waals surface area contributed by atoms with Gasteiger partial charge < -0.3 is 29.4 Å². The van der Waals surface area contributed by atoms with Crippen LogP contribution in [-0.2, 0) is 9.59 Å². The number of aliphatic carboxylic acids is 1. The van der Waals surface area contributed by atoms with Gasteiger partial charge in [-0.15, -0.1) is 0 Å². The number of benzene rings is 1. The van der Waals surface area contributed by atoms with E-state index in [1.54, 1.807) is 12.1 Å². The highest BCUT2D eigenvalue weighted by molar-refractivity contribution is 5.93. The first-order valence-corrected chi connectivity index (χ1v) is 5.81. The van der Waals surface area contributed by atoms with Crippen molar-refractivity contribution in [2.75, 3.05) is 26.6 Å². The summed E-state index contributed by atoms with van der Waals surface area (Å²) in [7, 11) is 4.39. The molecule has 0 bridgehead atoms. The lowest BCUT2D eigenvalue weighted by Gasteiger charge is -2.14. The number of anilines is 1. The van der Waals surface area contributed by atoms with Gasteiger partial charge in [0.1, 0.15) is 0 Å². The molecule has 20 heavy (non-hydrogen) atoms. The monoisotopic (exact) mass is 282 g/mol. The SMILES string of the molecule is COc1cc(NC(=O)CCC(=O)[O-])cc(OC)c1OC. The highest BCUT2D eigenvalue weighted by Crippen LogP contribution is 2.39. The molecule has 0 aliphatic rings. The van der Waals surface area contributed by atoms with E-state index in [0.717, 1.165) is 0 Å². The molecular formula is C13H16NO6-. The maximum atomic E-state index is 11.6. The summed E-state index contributed by atoms with van der Waals surface area (Å²) in [6.45, 7) is 0. The van der Waals surface area contributed by atoms with Crippen molar-refractivity contribution in [3.05, 3.63) is 12.1 Å². The van der Waals surface area contributed by atoms with Gasteiger partial charge >= 0.3 is 0 Å². The Balaban J connectivity index is 2.90. The zero-order valence-corrected chi connectivity index (χ0v) is 11.5. The van der Waals surface area contributed by atoms with Crippen molar-refractivity contribution in [1.29, 1.82) is 0 Å². The van der Waals surface area contributed by atoms with Crippen LogP contribution in [0, 0.1) is 0 Å². The van der Waals surface area contributed by atoms with Gasteiger partial charge in [-0.1, -0.05) is 0 Å². The van der Waals surface area contributed by atoms with E-state index >= 15 is 0 Å². The number of carbonyl (C=O) groups excluding carboxylic acids is 2. The first kappa shape index (κ1) is 15.6. The molecule has 0 saturated heterocycles. The van der Waals surface area contributed by atoms with E-state index in [9.17, 15) is 14.7 Å². The fourth-order valence-electron chi connectivity index (χ4n) is 1.59. The maximum Gasteiger partial charge on any atom is 0.224 e. The molecule has 0 aliphatic heterocycles. The standard InChI is InChI=1S/C13H17NO6/c1-18-9-6-8(7-10(19-2)13(9)20-3)14-11(15)4-5-12(16)17/h6-7H,4-5H2,1-3H3,(H,14,15)(H,16,17)/p-1. The number of carboxylic acids is 1. The van der Waals surface area contributed by atoms with E-state index in [0.29, 0.717) is 22.9 Å². The molecule has 0 aliphatic carbocycles. The third-order valence-electron chi connectivity index (χ3n) is 2.50. The zero-order chi connectivity index (χ0) is 15.1. The molecule has 1 aromatic carbocycles. The molecule has 110 valence electrons. The second-order valence-corrected chi connectivity index (χ2v) is 3.83. The molecule has 0 aromatic heterocycles. The van der Waals surface area contributed by atoms with Crippen LogP contribution >= 0.6 is 0 Å². The number of amides is 1. The number of rotatable bonds is 7. The summed E-state index contributed by atoms with van der Waals surface area (Å²) in [4.78, 5) is 21.8. The summed E-state index contributed by atoms with van der Waals surface area (Å²) in [5, 5.41) is 12.8. The third kappa shape index (κ3) is 4.04. The van der Waals surface area contributed by atoms with Crippen LogP contribution in [-0.4, -0.2) is 33.2 Å². The molecule has 7 nitrogen and oxygen atoms in total. The minimum absolute atomic E-state index is 0.168. The van der Waals surface area contributed by atoms with Gasteiger partial charge in [0.25, 0.3) is 0 Å². The van der Waals surface area contributed by atoms with E-state index in [-0.39, 0.29) is 12.8 Å². The number of nitrogens with one attached hydrogen (secondary N) is 1. The van der Waals surface area contributed by atoms with Crippen LogP contribution in [0.25, 0.3) is 0 Å². The van der Waals surface area contributed by atoms with Gasteiger partial charge in [-0.25, -0.2) is 0 Å². The number of methoxy groups -OCH3 is 3. The zero-order valence-electron chi connectivity index (χ0n) is 11.5. The van der Waals surface area contributed by atoms with Crippen molar-refractivity contribution in [3.63, 3.8) is 0 Å². The fourth-order valence-corrected chi connectivity index (χ4v) is 1.59. The smallest absolute Gasteiger partial charge is 0.224 e. The van der Waals surface area contributed by atoms with Gasteiger partial charge in [0.05, 0.1) is 21.3 Å². The summed E-state index contributed by atoms with van der Waals surface area (Å²) in [5.41, 5.74) is 0.419. The maximum absolute atomic E-state index is 11.6. The average Bonchev–Trinajstić information content (AvgIpc) is 2.43. The molecule has 0 unspecified atom stereocenters. The molecule has 0 fully saturated rings. The van der Waals surface area contributed by atoms with Gasteiger partial charge in [0.15, 0.2) is 11.5 Å². The molecule has 7 heteroatoms. The molecule has 1 rings (SSSR count). The minimum Gasteiger partial charge on any atom is -0.550 e. The van der Waals surface area contributed by atoms with Crippen LogP contribution in [0.4, 0.5) is 5.69 Å². The Morgan fingerprint density at radius 1 is 1.05 bits per heavy atom. The Morgan fingerprint density at radius 2 is 1.60 bits per heavy atom. The molecule has 0 saturated carbocycles. The highest BCUT2D eigenvalue weighted by Gasteiger charge is 2.14. The topological polar surface area (TPSA) is 96.9 Å². The van der Waals surface area contributed by atoms with Crippen LogP contribution in [0.5, 0.6) is 17.2 Å². The van der Waals surface area contributed by atoms with Gasteiger partial charge in [0.2, 0.25) is 11.7 Å². The largest absolute Gasteiger partial charge is 0.550 e. The molecule has 1 amide bonds. The summed E-state index contributed by atoms with van der Waals surface area (Å²) < 4.78 is 15.4. The summed E-state index contributed by atoms with van der Waals surface area (Å²) in [6.07, 6.45) is -0.505. The average molecular weight is 282 g/mol. The number of hydrogen-bond donors (Lipinski definition) is 1. The summed E-state index contributed by atoms with van der Waals surface area (Å²) >= 11 is 0. The second kappa shape index (κ2) is 7.22. The first-order chi connectivity index (χ1) is 9.51. The van der Waals surface area contributed by atoms with Gasteiger partial charge in [-0.05, 0) is 6.42 Å². The Labute approximate surface area is 116 Å². The predicted octanol–water partition coefficient (Wildman–Crippen LogP) is 0.181. The van der Waals surface area contributed by atoms with Gasteiger partial charge in [-0.3, -0.25) is 4.79 Å². The Morgan fingerprint density at radius 3 is 2.00 bits per heavy atom. The van der Waals surface area contributed by atoms with E-state index in [2.05, 4.69) is 5.32 Å². The minimum atomic E-state index is -1.27. The first-order valence-electron chi connectivity index (χ1n) is 5.81. The fraction of sp³-hybridized carbons (Fsp3) is 0.385. The second-order valence-electron chi connectivity index (χ2n) is 3.83. The Bertz CT molecular complexity index is 475. The van der Waals surface area contributed by atoms with Crippen molar-refractivity contribution >= 4 is 17.6 Å². The van der Waals surface area contributed by atoms with Crippen LogP contribution in [0.15, 0.2) is 12.1 Å². The number of ether oxygens (including phenoxy) is 3. The number of carboxylic acid groups (broad SMARTS) is 1. The van der Waals surface area contributed by atoms with Crippen LogP contribution in [0.3, 0.4) is 0 Å². The predicted molar refractivity (Wildman–Crippen MR) is 69.0 cm³/mol. The van der Waals surface area contributed by atoms with Gasteiger partial charge in [0, 0.05) is 30.2 Å². The molecule has 0 atom stereocenters. The molecule has 1 N–H and O–H groups in total. The van der Waals surface area contributed by atoms with Crippen molar-refractivity contribution in [2.45, 2.75) is 12.8 Å². The quantitative estimate of drug-likeness (QED) is 0.766. The van der Waals surface area contributed by atoms with Crippen LogP contribution < -0.4 is 24.6 Å². The highest BCUT2D eigenvalue weighted by atomic mass is 16.5.